The first-order valence-corrected chi connectivity index (χ1v) is 9.48. The number of hydrogen-bond donors (Lipinski definition) is 2. The topological polar surface area (TPSA) is 77.8 Å². The highest BCUT2D eigenvalue weighted by molar-refractivity contribution is 7.85. The summed E-state index contributed by atoms with van der Waals surface area (Å²) in [4.78, 5) is 2.33. The standard InChI is InChI=1S/C12H15NO.C7H8O3S/c14-12-6-4-11(5-7-12)10-13-8-2-1-3-9-13;1-6-2-4-7(5-3-6)11(8,9)10/h1-2,4-7,14H,3,8-10H2;2-5H,1H3,(H,8,9,10). The quantitative estimate of drug-likeness (QED) is 0.647. The van der Waals surface area contributed by atoms with E-state index in [4.69, 9.17) is 9.66 Å². The van der Waals surface area contributed by atoms with E-state index in [2.05, 4.69) is 17.1 Å². The molecule has 3 rings (SSSR count). The molecule has 0 fully saturated rings. The number of hydrogen-bond acceptors (Lipinski definition) is 4. The first-order valence-electron chi connectivity index (χ1n) is 8.04. The first kappa shape index (κ1) is 19.2. The summed E-state index contributed by atoms with van der Waals surface area (Å²) in [5.41, 5.74) is 2.22. The maximum Gasteiger partial charge on any atom is 0.294 e. The van der Waals surface area contributed by atoms with E-state index < -0.39 is 10.1 Å². The van der Waals surface area contributed by atoms with E-state index in [1.165, 1.54) is 17.7 Å². The van der Waals surface area contributed by atoms with Crippen molar-refractivity contribution in [2.45, 2.75) is 24.8 Å². The molecule has 25 heavy (non-hydrogen) atoms. The van der Waals surface area contributed by atoms with Gasteiger partial charge >= 0.3 is 0 Å². The number of phenolic OH excluding ortho intramolecular Hbond substituents is 1. The molecule has 0 unspecified atom stereocenters. The molecule has 1 aliphatic heterocycles. The van der Waals surface area contributed by atoms with Gasteiger partial charge in [-0.25, -0.2) is 0 Å². The SMILES string of the molecule is Cc1ccc(S(=O)(=O)O)cc1.Oc1ccc(CN2CC=CCC2)cc1. The molecular formula is C19H23NO4S. The summed E-state index contributed by atoms with van der Waals surface area (Å²) in [6.45, 7) is 5.00. The number of nitrogens with zero attached hydrogens (tertiary/aromatic N) is 1. The number of phenols is 1. The molecule has 2 aromatic rings. The van der Waals surface area contributed by atoms with Crippen LogP contribution in [-0.4, -0.2) is 36.1 Å². The maximum atomic E-state index is 10.5. The zero-order valence-electron chi connectivity index (χ0n) is 14.2. The van der Waals surface area contributed by atoms with Gasteiger partial charge < -0.3 is 5.11 Å². The van der Waals surface area contributed by atoms with Gasteiger partial charge in [-0.3, -0.25) is 9.45 Å². The Morgan fingerprint density at radius 1 is 1.00 bits per heavy atom. The van der Waals surface area contributed by atoms with Gasteiger partial charge in [0.05, 0.1) is 4.90 Å². The van der Waals surface area contributed by atoms with Crippen LogP contribution in [-0.2, 0) is 16.7 Å². The summed E-state index contributed by atoms with van der Waals surface area (Å²) in [5.74, 6) is 0.340. The fourth-order valence-electron chi connectivity index (χ4n) is 2.40. The predicted octanol–water partition coefficient (Wildman–Crippen LogP) is 3.40. The molecule has 134 valence electrons. The van der Waals surface area contributed by atoms with Gasteiger partial charge in [-0.05, 0) is 43.2 Å². The number of aryl methyl sites for hydroxylation is 1. The number of rotatable bonds is 3. The van der Waals surface area contributed by atoms with Gasteiger partial charge in [0.1, 0.15) is 5.75 Å². The van der Waals surface area contributed by atoms with Crippen LogP contribution in [0, 0.1) is 6.92 Å². The summed E-state index contributed by atoms with van der Waals surface area (Å²) >= 11 is 0. The van der Waals surface area contributed by atoms with E-state index in [9.17, 15) is 8.42 Å². The largest absolute Gasteiger partial charge is 0.508 e. The van der Waals surface area contributed by atoms with Gasteiger partial charge in [-0.1, -0.05) is 42.0 Å². The third kappa shape index (κ3) is 6.70. The van der Waals surface area contributed by atoms with E-state index in [1.54, 1.807) is 24.3 Å². The summed E-state index contributed by atoms with van der Waals surface area (Å²) in [7, 11) is -4.02. The molecule has 0 aromatic heterocycles. The highest BCUT2D eigenvalue weighted by Crippen LogP contribution is 2.13. The van der Waals surface area contributed by atoms with Crippen molar-refractivity contribution < 1.29 is 18.1 Å². The molecule has 2 aromatic carbocycles. The Morgan fingerprint density at radius 2 is 1.64 bits per heavy atom. The molecule has 0 atom stereocenters. The van der Waals surface area contributed by atoms with Crippen LogP contribution >= 0.6 is 0 Å². The molecule has 0 saturated carbocycles. The lowest BCUT2D eigenvalue weighted by molar-refractivity contribution is 0.290. The lowest BCUT2D eigenvalue weighted by Gasteiger charge is -2.22. The van der Waals surface area contributed by atoms with Crippen LogP contribution in [0.25, 0.3) is 0 Å². The first-order chi connectivity index (χ1) is 11.8. The molecule has 1 heterocycles. The van der Waals surface area contributed by atoms with Crippen molar-refractivity contribution in [1.29, 1.82) is 0 Å². The summed E-state index contributed by atoms with van der Waals surface area (Å²) in [6.07, 6.45) is 5.59. The average Bonchev–Trinajstić information content (AvgIpc) is 2.58. The van der Waals surface area contributed by atoms with Crippen LogP contribution in [0.5, 0.6) is 5.75 Å². The van der Waals surface area contributed by atoms with Crippen LogP contribution in [0.15, 0.2) is 65.6 Å². The lowest BCUT2D eigenvalue weighted by Crippen LogP contribution is -2.26. The van der Waals surface area contributed by atoms with Gasteiger partial charge in [-0.15, -0.1) is 0 Å². The molecule has 0 bridgehead atoms. The van der Waals surface area contributed by atoms with E-state index in [0.717, 1.165) is 31.6 Å². The Labute approximate surface area is 149 Å². The molecule has 0 aliphatic carbocycles. The van der Waals surface area contributed by atoms with E-state index in [-0.39, 0.29) is 4.90 Å². The number of aromatic hydroxyl groups is 1. The fourth-order valence-corrected chi connectivity index (χ4v) is 2.88. The summed E-state index contributed by atoms with van der Waals surface area (Å²) < 4.78 is 29.6. The minimum Gasteiger partial charge on any atom is -0.508 e. The molecule has 2 N–H and O–H groups in total. The van der Waals surface area contributed by atoms with Crippen molar-refractivity contribution in [3.8, 4) is 5.75 Å². The van der Waals surface area contributed by atoms with E-state index in [1.807, 2.05) is 19.1 Å². The Kier molecular flexibility index (Phi) is 6.75. The molecule has 0 radical (unpaired) electrons. The Hall–Kier alpha value is -2.15. The molecule has 6 heteroatoms. The average molecular weight is 361 g/mol. The zero-order valence-corrected chi connectivity index (χ0v) is 15.0. The summed E-state index contributed by atoms with van der Waals surface area (Å²) in [6, 6.07) is 13.4. The van der Waals surface area contributed by atoms with E-state index in [0.29, 0.717) is 5.75 Å². The second kappa shape index (κ2) is 8.80. The molecule has 0 saturated heterocycles. The van der Waals surface area contributed by atoms with Gasteiger partial charge in [-0.2, -0.15) is 8.42 Å². The van der Waals surface area contributed by atoms with Crippen LogP contribution in [0.3, 0.4) is 0 Å². The normalized spacial score (nSPS) is 14.6. The monoisotopic (exact) mass is 361 g/mol. The summed E-state index contributed by atoms with van der Waals surface area (Å²) in [5, 5.41) is 9.14. The van der Waals surface area contributed by atoms with Crippen LogP contribution in [0.4, 0.5) is 0 Å². The Morgan fingerprint density at radius 3 is 2.16 bits per heavy atom. The molecular weight excluding hydrogens is 338 g/mol. The van der Waals surface area contributed by atoms with E-state index >= 15 is 0 Å². The fraction of sp³-hybridized carbons (Fsp3) is 0.263. The van der Waals surface area contributed by atoms with Crippen LogP contribution < -0.4 is 0 Å². The third-order valence-electron chi connectivity index (χ3n) is 3.80. The zero-order chi connectivity index (χ0) is 18.3. The lowest BCUT2D eigenvalue weighted by atomic mass is 10.2. The van der Waals surface area contributed by atoms with Crippen molar-refractivity contribution in [2.24, 2.45) is 0 Å². The minimum atomic E-state index is -4.02. The second-order valence-electron chi connectivity index (χ2n) is 5.95. The predicted molar refractivity (Wildman–Crippen MR) is 98.1 cm³/mol. The van der Waals surface area contributed by atoms with Crippen molar-refractivity contribution >= 4 is 10.1 Å². The third-order valence-corrected chi connectivity index (χ3v) is 4.67. The van der Waals surface area contributed by atoms with Crippen molar-refractivity contribution in [1.82, 2.24) is 4.90 Å². The van der Waals surface area contributed by atoms with Crippen molar-refractivity contribution in [2.75, 3.05) is 13.1 Å². The highest BCUT2D eigenvalue weighted by Gasteiger charge is 2.07. The second-order valence-corrected chi connectivity index (χ2v) is 7.37. The highest BCUT2D eigenvalue weighted by atomic mass is 32.2. The van der Waals surface area contributed by atoms with Gasteiger partial charge in [0.2, 0.25) is 0 Å². The van der Waals surface area contributed by atoms with Crippen LogP contribution in [0.2, 0.25) is 0 Å². The Bertz CT molecular complexity index is 796. The van der Waals surface area contributed by atoms with Gasteiger partial charge in [0.15, 0.2) is 0 Å². The molecule has 1 aliphatic rings. The van der Waals surface area contributed by atoms with Crippen molar-refractivity contribution in [3.63, 3.8) is 0 Å². The molecule has 5 nitrogen and oxygen atoms in total. The van der Waals surface area contributed by atoms with Gasteiger partial charge in [0, 0.05) is 19.6 Å². The van der Waals surface area contributed by atoms with Gasteiger partial charge in [0.25, 0.3) is 10.1 Å². The Balaban J connectivity index is 0.000000186. The molecule has 0 amide bonds. The number of benzene rings is 2. The van der Waals surface area contributed by atoms with Crippen LogP contribution in [0.1, 0.15) is 17.5 Å². The molecule has 0 spiro atoms. The smallest absolute Gasteiger partial charge is 0.294 e. The maximum absolute atomic E-state index is 10.5. The minimum absolute atomic E-state index is 0.0666. The van der Waals surface area contributed by atoms with Crippen molar-refractivity contribution in [3.05, 3.63) is 71.8 Å².